The minimum absolute atomic E-state index is 0.194. The summed E-state index contributed by atoms with van der Waals surface area (Å²) < 4.78 is 33.2. The number of ether oxygens (including phenoxy) is 3. The Morgan fingerprint density at radius 2 is 1.90 bits per heavy atom. The van der Waals surface area contributed by atoms with Gasteiger partial charge >= 0.3 is 0 Å². The lowest BCUT2D eigenvalue weighted by atomic mass is 9.49. The van der Waals surface area contributed by atoms with Crippen LogP contribution >= 0.6 is 0 Å². The molecule has 2 aliphatic carbocycles. The normalized spacial score (nSPS) is 32.7. The highest BCUT2D eigenvalue weighted by atomic mass is 19.1. The average Bonchev–Trinajstić information content (AvgIpc) is 3.07. The summed E-state index contributed by atoms with van der Waals surface area (Å²) in [5.41, 5.74) is 7.92. The molecule has 1 unspecified atom stereocenters. The van der Waals surface area contributed by atoms with Gasteiger partial charge in [-0.2, -0.15) is 0 Å². The van der Waals surface area contributed by atoms with Gasteiger partial charge in [0.25, 0.3) is 6.02 Å². The molecule has 6 heteroatoms. The molecule has 2 fully saturated rings. The first-order chi connectivity index (χ1) is 15.0. The van der Waals surface area contributed by atoms with Gasteiger partial charge in [0.15, 0.2) is 0 Å². The highest BCUT2D eigenvalue weighted by Gasteiger charge is 2.75. The summed E-state index contributed by atoms with van der Waals surface area (Å²) in [7, 11) is 0. The number of hydrogen-bond donors (Lipinski definition) is 1. The first-order valence-corrected chi connectivity index (χ1v) is 10.8. The third kappa shape index (κ3) is 2.37. The molecule has 1 atom stereocenters. The molecule has 3 spiro atoms. The van der Waals surface area contributed by atoms with Crippen molar-refractivity contribution in [3.63, 3.8) is 0 Å². The predicted octanol–water partition coefficient (Wildman–Crippen LogP) is 4.31. The van der Waals surface area contributed by atoms with Crippen LogP contribution in [0.5, 0.6) is 5.75 Å². The maximum atomic E-state index is 15.0. The van der Waals surface area contributed by atoms with Crippen molar-refractivity contribution >= 4 is 11.6 Å². The zero-order valence-corrected chi connectivity index (χ0v) is 17.5. The van der Waals surface area contributed by atoms with E-state index in [9.17, 15) is 0 Å². The second-order valence-corrected chi connectivity index (χ2v) is 9.20. The lowest BCUT2D eigenvalue weighted by Crippen LogP contribution is -2.75. The van der Waals surface area contributed by atoms with Gasteiger partial charge in [-0.15, -0.1) is 0 Å². The van der Waals surface area contributed by atoms with Crippen molar-refractivity contribution in [1.29, 1.82) is 0 Å². The molecule has 1 aromatic carbocycles. The van der Waals surface area contributed by atoms with Crippen LogP contribution in [0, 0.1) is 5.41 Å². The molecular weight excluding hydrogens is 395 g/mol. The largest absolute Gasteiger partial charge is 0.486 e. The van der Waals surface area contributed by atoms with Crippen molar-refractivity contribution in [3.8, 4) is 5.75 Å². The molecule has 0 amide bonds. The molecule has 31 heavy (non-hydrogen) atoms. The Bertz CT molecular complexity index is 1120. The van der Waals surface area contributed by atoms with Crippen LogP contribution in [0.4, 0.5) is 4.39 Å². The summed E-state index contributed by atoms with van der Waals surface area (Å²) in [6, 6.07) is 6.07. The van der Waals surface area contributed by atoms with E-state index < -0.39 is 5.54 Å². The Morgan fingerprint density at radius 1 is 1.10 bits per heavy atom. The van der Waals surface area contributed by atoms with Crippen molar-refractivity contribution in [2.24, 2.45) is 16.1 Å². The van der Waals surface area contributed by atoms with E-state index in [1.165, 1.54) is 6.08 Å². The van der Waals surface area contributed by atoms with Gasteiger partial charge in [0.2, 0.25) is 0 Å². The van der Waals surface area contributed by atoms with Gasteiger partial charge in [-0.05, 0) is 56.0 Å². The molecule has 1 aromatic rings. The van der Waals surface area contributed by atoms with Crippen LogP contribution in [0.25, 0.3) is 5.57 Å². The zero-order chi connectivity index (χ0) is 21.3. The molecule has 2 N–H and O–H groups in total. The molecule has 1 saturated heterocycles. The molecule has 0 bridgehead atoms. The molecule has 5 aliphatic rings. The molecular formula is C25H25FN2O3. The molecule has 0 aromatic heterocycles. The molecule has 1 saturated carbocycles. The number of nitrogens with two attached hydrogens (primary N) is 1. The van der Waals surface area contributed by atoms with Crippen LogP contribution in [0.15, 0.2) is 65.0 Å². The van der Waals surface area contributed by atoms with Crippen molar-refractivity contribution in [2.45, 2.75) is 37.3 Å². The Morgan fingerprint density at radius 3 is 2.55 bits per heavy atom. The Balaban J connectivity index is 1.56. The number of hydrogen-bond acceptors (Lipinski definition) is 5. The maximum absolute atomic E-state index is 15.0. The van der Waals surface area contributed by atoms with Gasteiger partial charge in [-0.1, -0.05) is 29.9 Å². The minimum Gasteiger partial charge on any atom is -0.486 e. The number of aliphatic imine (C=N–C) groups is 1. The Labute approximate surface area is 180 Å². The number of nitrogens with zero attached hydrogens (tertiary/aromatic N) is 1. The first-order valence-electron chi connectivity index (χ1n) is 10.8. The van der Waals surface area contributed by atoms with E-state index in [4.69, 9.17) is 24.9 Å². The fourth-order valence-electron chi connectivity index (χ4n) is 5.76. The van der Waals surface area contributed by atoms with E-state index >= 15 is 4.39 Å². The monoisotopic (exact) mass is 420 g/mol. The summed E-state index contributed by atoms with van der Waals surface area (Å²) in [5.74, 6) is 0.503. The molecule has 0 radical (unpaired) electrons. The topological polar surface area (TPSA) is 66.1 Å². The van der Waals surface area contributed by atoms with Crippen molar-refractivity contribution in [2.75, 3.05) is 19.8 Å². The number of fused-ring (bicyclic) bond motifs is 4. The van der Waals surface area contributed by atoms with Gasteiger partial charge in [-0.3, -0.25) is 0 Å². The van der Waals surface area contributed by atoms with Crippen LogP contribution in [-0.2, 0) is 15.0 Å². The number of allylic oxidation sites excluding steroid dienone is 8. The number of benzene rings is 1. The summed E-state index contributed by atoms with van der Waals surface area (Å²) in [4.78, 5) is 4.89. The third-order valence-corrected chi connectivity index (χ3v) is 7.64. The lowest BCUT2D eigenvalue weighted by Gasteiger charge is -2.66. The molecule has 3 aliphatic heterocycles. The zero-order valence-electron chi connectivity index (χ0n) is 17.5. The van der Waals surface area contributed by atoms with E-state index in [1.54, 1.807) is 6.08 Å². The number of amidine groups is 1. The summed E-state index contributed by atoms with van der Waals surface area (Å²) in [5, 5.41) is 0. The van der Waals surface area contributed by atoms with Crippen LogP contribution in [0.2, 0.25) is 0 Å². The van der Waals surface area contributed by atoms with Crippen LogP contribution in [-0.4, -0.2) is 31.4 Å². The SMILES string of the molecule is CC1=C/C(c2ccc3c(c2)C2(COC(N)=N2)C2(COC2)C2(CCC2)O3)=C(F)\C=C\C=C1. The second-order valence-electron chi connectivity index (χ2n) is 9.20. The van der Waals surface area contributed by atoms with E-state index in [2.05, 4.69) is 0 Å². The predicted molar refractivity (Wildman–Crippen MR) is 116 cm³/mol. The molecule has 160 valence electrons. The molecule has 5 nitrogen and oxygen atoms in total. The van der Waals surface area contributed by atoms with Crippen LogP contribution < -0.4 is 10.5 Å². The Hall–Kier alpha value is -2.86. The van der Waals surface area contributed by atoms with E-state index in [-0.39, 0.29) is 22.9 Å². The van der Waals surface area contributed by atoms with Gasteiger partial charge in [0.1, 0.15) is 29.3 Å². The van der Waals surface area contributed by atoms with Crippen LogP contribution in [0.3, 0.4) is 0 Å². The van der Waals surface area contributed by atoms with E-state index in [0.717, 1.165) is 41.7 Å². The molecule has 6 rings (SSSR count). The van der Waals surface area contributed by atoms with Gasteiger partial charge in [-0.25, -0.2) is 9.38 Å². The average molecular weight is 420 g/mol. The quantitative estimate of drug-likeness (QED) is 0.735. The maximum Gasteiger partial charge on any atom is 0.283 e. The number of rotatable bonds is 1. The number of halogens is 1. The standard InChI is InChI=1S/C25H25FN2O3/c1-16-5-2-3-6-20(26)18(11-16)17-7-8-21-19(12-17)25(15-30-22(27)28-25)23(13-29-14-23)24(31-21)9-4-10-24/h2-3,5-8,11-12H,4,9-10,13-15H2,1H3,(H2,27,28)/b3-2?,5-2?,6-3+,16-5?,16-11?,18-11?,20-6?,20-18-. The van der Waals surface area contributed by atoms with Gasteiger partial charge in [0, 0.05) is 11.1 Å². The summed E-state index contributed by atoms with van der Waals surface area (Å²) >= 11 is 0. The first kappa shape index (κ1) is 18.9. The highest BCUT2D eigenvalue weighted by Crippen LogP contribution is 2.67. The van der Waals surface area contributed by atoms with Gasteiger partial charge in [0.05, 0.1) is 18.6 Å². The van der Waals surface area contributed by atoms with Gasteiger partial charge < -0.3 is 19.9 Å². The lowest BCUT2D eigenvalue weighted by molar-refractivity contribution is -0.281. The second kappa shape index (κ2) is 6.33. The summed E-state index contributed by atoms with van der Waals surface area (Å²) in [6.45, 7) is 3.42. The van der Waals surface area contributed by atoms with E-state index in [0.29, 0.717) is 25.4 Å². The third-order valence-electron chi connectivity index (χ3n) is 7.64. The van der Waals surface area contributed by atoms with Crippen LogP contribution in [0.1, 0.15) is 37.3 Å². The van der Waals surface area contributed by atoms with Crippen molar-refractivity contribution < 1.29 is 18.6 Å². The highest BCUT2D eigenvalue weighted by molar-refractivity contribution is 5.80. The fraction of sp³-hybridized carbons (Fsp3) is 0.400. The smallest absolute Gasteiger partial charge is 0.283 e. The molecule has 3 heterocycles. The van der Waals surface area contributed by atoms with Crippen molar-refractivity contribution in [3.05, 3.63) is 71.1 Å². The summed E-state index contributed by atoms with van der Waals surface area (Å²) in [6.07, 6.45) is 11.9. The van der Waals surface area contributed by atoms with E-state index in [1.807, 2.05) is 43.4 Å². The van der Waals surface area contributed by atoms with Crippen molar-refractivity contribution in [1.82, 2.24) is 0 Å². The Kier molecular flexibility index (Phi) is 3.85. The fourth-order valence-corrected chi connectivity index (χ4v) is 5.76. The minimum atomic E-state index is -0.688.